The second kappa shape index (κ2) is 5.72. The molecular weight excluding hydrogens is 392 g/mol. The Morgan fingerprint density at radius 1 is 1.20 bits per heavy atom. The molecule has 166 valence electrons. The lowest BCUT2D eigenvalue weighted by Crippen LogP contribution is -2.87. The second-order valence-electron chi connectivity index (χ2n) is 10.7. The first kappa shape index (κ1) is 20.6. The van der Waals surface area contributed by atoms with E-state index >= 15 is 0 Å². The number of carbonyl (C=O) groups excluding carboxylic acids is 2. The summed E-state index contributed by atoms with van der Waals surface area (Å²) in [6, 6.07) is 0. The number of aliphatic hydroxyl groups excluding tert-OH is 3. The molecule has 2 spiro atoms. The van der Waals surface area contributed by atoms with Crippen LogP contribution in [0, 0.1) is 34.0 Å². The predicted molar refractivity (Wildman–Crippen MR) is 102 cm³/mol. The summed E-state index contributed by atoms with van der Waals surface area (Å²) in [5.74, 6) is -5.73. The minimum Gasteiger partial charge on any atom is -0.462 e. The Hall–Kier alpha value is -1.32. The first-order valence-corrected chi connectivity index (χ1v) is 10.7. The summed E-state index contributed by atoms with van der Waals surface area (Å²) >= 11 is 0. The number of ketones is 1. The quantitative estimate of drug-likeness (QED) is 0.341. The van der Waals surface area contributed by atoms with Crippen LogP contribution in [-0.2, 0) is 19.1 Å². The molecular formula is C22H30O8. The number of ether oxygens (including phenoxy) is 2. The van der Waals surface area contributed by atoms with E-state index < -0.39 is 76.0 Å². The number of fused-ring (bicyclic) bond motifs is 2. The number of esters is 1. The van der Waals surface area contributed by atoms with E-state index in [4.69, 9.17) is 9.47 Å². The van der Waals surface area contributed by atoms with Gasteiger partial charge >= 0.3 is 5.97 Å². The Balaban J connectivity index is 1.82. The third kappa shape index (κ3) is 1.88. The van der Waals surface area contributed by atoms with Crippen LogP contribution in [0.25, 0.3) is 0 Å². The van der Waals surface area contributed by atoms with Gasteiger partial charge in [0, 0.05) is 30.1 Å². The summed E-state index contributed by atoms with van der Waals surface area (Å²) in [7, 11) is 0. The molecule has 2 aliphatic heterocycles. The lowest BCUT2D eigenvalue weighted by atomic mass is 9.35. The van der Waals surface area contributed by atoms with Crippen molar-refractivity contribution in [2.24, 2.45) is 34.0 Å². The maximum atomic E-state index is 13.6. The average Bonchev–Trinajstić information content (AvgIpc) is 2.76. The van der Waals surface area contributed by atoms with E-state index in [9.17, 15) is 30.0 Å². The summed E-state index contributed by atoms with van der Waals surface area (Å²) in [6.45, 7) is 8.97. The zero-order valence-corrected chi connectivity index (χ0v) is 17.5. The lowest BCUT2D eigenvalue weighted by Gasteiger charge is -2.75. The van der Waals surface area contributed by atoms with Gasteiger partial charge in [-0.1, -0.05) is 20.4 Å². The predicted octanol–water partition coefficient (Wildman–Crippen LogP) is -0.0828. The van der Waals surface area contributed by atoms with E-state index in [0.29, 0.717) is 12.8 Å². The molecule has 0 aromatic carbocycles. The monoisotopic (exact) mass is 422 g/mol. The molecule has 2 saturated heterocycles. The van der Waals surface area contributed by atoms with Crippen molar-refractivity contribution in [3.63, 3.8) is 0 Å². The molecule has 4 aliphatic carbocycles. The van der Waals surface area contributed by atoms with Crippen LogP contribution in [0.3, 0.4) is 0 Å². The van der Waals surface area contributed by atoms with Gasteiger partial charge in [0.15, 0.2) is 5.78 Å². The molecule has 6 aliphatic rings. The highest BCUT2D eigenvalue weighted by Gasteiger charge is 2.88. The topological polar surface area (TPSA) is 134 Å². The second-order valence-corrected chi connectivity index (χ2v) is 10.7. The van der Waals surface area contributed by atoms with Crippen molar-refractivity contribution in [2.45, 2.75) is 70.2 Å². The largest absolute Gasteiger partial charge is 0.462 e. The number of aliphatic hydroxyl groups is 4. The van der Waals surface area contributed by atoms with E-state index in [1.165, 1.54) is 6.92 Å². The summed E-state index contributed by atoms with van der Waals surface area (Å²) < 4.78 is 11.6. The minimum absolute atomic E-state index is 0.0901. The fraction of sp³-hybridized carbons (Fsp3) is 0.818. The van der Waals surface area contributed by atoms with Gasteiger partial charge in [-0.25, -0.2) is 0 Å². The normalized spacial score (nSPS) is 55.8. The van der Waals surface area contributed by atoms with Crippen LogP contribution < -0.4 is 0 Å². The van der Waals surface area contributed by atoms with Crippen molar-refractivity contribution in [1.29, 1.82) is 0 Å². The van der Waals surface area contributed by atoms with Crippen molar-refractivity contribution in [2.75, 3.05) is 6.61 Å². The number of hydrogen-bond acceptors (Lipinski definition) is 8. The number of hydrogen-bond donors (Lipinski definition) is 4. The standard InChI is InChI=1S/C22H30O8/c1-9-11-7-12(24)14-20-8-29-22(28,21(14,16(9)25)17(11)26)18(27)15(20)19(3,4)6-5-13(20)30-10(2)23/h11-15,17-18,24,26-28H,1,5-8H2,2-4H3. The van der Waals surface area contributed by atoms with Crippen molar-refractivity contribution in [1.82, 2.24) is 0 Å². The van der Waals surface area contributed by atoms with E-state index in [-0.39, 0.29) is 18.6 Å². The maximum absolute atomic E-state index is 13.6. The first-order valence-electron chi connectivity index (χ1n) is 10.7. The highest BCUT2D eigenvalue weighted by atomic mass is 16.6. The molecule has 8 nitrogen and oxygen atoms in total. The molecule has 30 heavy (non-hydrogen) atoms. The number of carbonyl (C=O) groups is 2. The summed E-state index contributed by atoms with van der Waals surface area (Å²) in [5, 5.41) is 45.9. The van der Waals surface area contributed by atoms with E-state index in [0.717, 1.165) is 0 Å². The third-order valence-electron chi connectivity index (χ3n) is 9.14. The Labute approximate surface area is 174 Å². The third-order valence-corrected chi connectivity index (χ3v) is 9.14. The zero-order chi connectivity index (χ0) is 22.0. The Bertz CT molecular complexity index is 852. The van der Waals surface area contributed by atoms with Crippen LogP contribution in [0.4, 0.5) is 0 Å². The molecule has 2 heterocycles. The molecule has 0 aromatic rings. The molecule has 4 N–H and O–H groups in total. The maximum Gasteiger partial charge on any atom is 0.302 e. The van der Waals surface area contributed by atoms with Crippen molar-refractivity contribution >= 4 is 11.8 Å². The van der Waals surface area contributed by atoms with Gasteiger partial charge in [0.25, 0.3) is 0 Å². The molecule has 6 fully saturated rings. The Morgan fingerprint density at radius 3 is 2.50 bits per heavy atom. The van der Waals surface area contributed by atoms with Crippen LogP contribution in [-0.4, -0.2) is 69.0 Å². The van der Waals surface area contributed by atoms with Crippen molar-refractivity contribution in [3.05, 3.63) is 12.2 Å². The van der Waals surface area contributed by atoms with Gasteiger partial charge in [-0.3, -0.25) is 9.59 Å². The van der Waals surface area contributed by atoms with Gasteiger partial charge in [-0.15, -0.1) is 0 Å². The molecule has 4 bridgehead atoms. The molecule has 6 rings (SSSR count). The summed E-state index contributed by atoms with van der Waals surface area (Å²) in [5.41, 5.74) is -3.45. The Morgan fingerprint density at radius 2 is 1.87 bits per heavy atom. The van der Waals surface area contributed by atoms with Gasteiger partial charge < -0.3 is 29.9 Å². The first-order chi connectivity index (χ1) is 13.9. The lowest BCUT2D eigenvalue weighted by molar-refractivity contribution is -0.465. The average molecular weight is 422 g/mol. The number of Topliss-reactive ketones (excluding diaryl/α,β-unsaturated/α-hetero) is 1. The molecule has 10 atom stereocenters. The van der Waals surface area contributed by atoms with Gasteiger partial charge in [0.05, 0.1) is 18.8 Å². The van der Waals surface area contributed by atoms with Crippen molar-refractivity contribution < 1.29 is 39.5 Å². The van der Waals surface area contributed by atoms with Crippen LogP contribution in [0.2, 0.25) is 0 Å². The molecule has 0 radical (unpaired) electrons. The van der Waals surface area contributed by atoms with Crippen LogP contribution in [0.15, 0.2) is 12.2 Å². The molecule has 0 amide bonds. The Kier molecular flexibility index (Phi) is 3.92. The van der Waals surface area contributed by atoms with Crippen LogP contribution >= 0.6 is 0 Å². The van der Waals surface area contributed by atoms with E-state index in [1.54, 1.807) is 0 Å². The van der Waals surface area contributed by atoms with Gasteiger partial charge in [0.1, 0.15) is 17.6 Å². The smallest absolute Gasteiger partial charge is 0.302 e. The van der Waals surface area contributed by atoms with Gasteiger partial charge in [-0.2, -0.15) is 0 Å². The molecule has 8 heteroatoms. The molecule has 10 unspecified atom stereocenters. The van der Waals surface area contributed by atoms with Crippen LogP contribution in [0.1, 0.15) is 40.0 Å². The minimum atomic E-state index is -2.37. The number of rotatable bonds is 1. The van der Waals surface area contributed by atoms with E-state index in [1.807, 2.05) is 13.8 Å². The van der Waals surface area contributed by atoms with Crippen LogP contribution in [0.5, 0.6) is 0 Å². The fourth-order valence-corrected chi connectivity index (χ4v) is 8.27. The SMILES string of the molecule is C=C1C(=O)C23C(O)C1CC(O)C2C12COC3(O)C(O)C1C(C)(C)CCC2OC(C)=O. The highest BCUT2D eigenvalue weighted by Crippen LogP contribution is 2.76. The van der Waals surface area contributed by atoms with Crippen molar-refractivity contribution in [3.8, 4) is 0 Å². The summed E-state index contributed by atoms with van der Waals surface area (Å²) in [6.07, 6.45) is -3.45. The molecule has 4 saturated carbocycles. The van der Waals surface area contributed by atoms with E-state index in [2.05, 4.69) is 6.58 Å². The zero-order valence-electron chi connectivity index (χ0n) is 17.5. The van der Waals surface area contributed by atoms with Gasteiger partial charge in [-0.05, 0) is 30.3 Å². The fourth-order valence-electron chi connectivity index (χ4n) is 8.27. The van der Waals surface area contributed by atoms with Gasteiger partial charge in [0.2, 0.25) is 5.79 Å². The molecule has 0 aromatic heterocycles. The summed E-state index contributed by atoms with van der Waals surface area (Å²) in [4.78, 5) is 25.5. The highest BCUT2D eigenvalue weighted by molar-refractivity contribution is 6.05.